The molecule has 7 heteroatoms. The molecule has 1 heterocycles. The summed E-state index contributed by atoms with van der Waals surface area (Å²) in [4.78, 5) is 26.4. The van der Waals surface area contributed by atoms with Crippen molar-refractivity contribution >= 4 is 11.8 Å². The third kappa shape index (κ3) is 4.77. The van der Waals surface area contributed by atoms with E-state index in [1.54, 1.807) is 11.9 Å². The Labute approximate surface area is 152 Å². The molecule has 1 aromatic rings. The van der Waals surface area contributed by atoms with Crippen LogP contribution in [0.4, 0.5) is 13.2 Å². The van der Waals surface area contributed by atoms with Gasteiger partial charge in [0.25, 0.3) is 0 Å². The van der Waals surface area contributed by atoms with E-state index in [4.69, 9.17) is 0 Å². The lowest BCUT2D eigenvalue weighted by molar-refractivity contribution is -0.187. The lowest BCUT2D eigenvalue weighted by atomic mass is 9.83. The smallest absolute Gasteiger partial charge is 0.345 e. The summed E-state index contributed by atoms with van der Waals surface area (Å²) in [5.41, 5.74) is 0.878. The molecule has 2 rings (SSSR count). The minimum atomic E-state index is -4.85. The summed E-state index contributed by atoms with van der Waals surface area (Å²) in [5.74, 6) is -2.24. The zero-order valence-corrected chi connectivity index (χ0v) is 15.3. The summed E-state index contributed by atoms with van der Waals surface area (Å²) in [5, 5.41) is 0. The number of hydrogen-bond acceptors (Lipinski definition) is 2. The van der Waals surface area contributed by atoms with Crippen LogP contribution in [-0.4, -0.2) is 54.5 Å². The molecule has 0 saturated carbocycles. The van der Waals surface area contributed by atoms with Gasteiger partial charge in [-0.15, -0.1) is 0 Å². The highest BCUT2D eigenvalue weighted by Crippen LogP contribution is 2.27. The number of likely N-dealkylation sites (N-methyl/N-ethyl adjacent to an activating group) is 1. The lowest BCUT2D eigenvalue weighted by Crippen LogP contribution is -2.48. The third-order valence-electron chi connectivity index (χ3n) is 4.94. The van der Waals surface area contributed by atoms with E-state index >= 15 is 0 Å². The molecular formula is C19H25F3N2O2. The molecular weight excluding hydrogens is 345 g/mol. The van der Waals surface area contributed by atoms with Crippen LogP contribution in [0.3, 0.4) is 0 Å². The Hall–Kier alpha value is -2.05. The highest BCUT2D eigenvalue weighted by atomic mass is 19.4. The Kier molecular flexibility index (Phi) is 5.98. The number of nitrogens with zero attached hydrogens (tertiary/aromatic N) is 2. The van der Waals surface area contributed by atoms with Crippen LogP contribution in [-0.2, 0) is 15.0 Å². The van der Waals surface area contributed by atoms with E-state index in [0.717, 1.165) is 10.5 Å². The highest BCUT2D eigenvalue weighted by Gasteiger charge is 2.44. The minimum Gasteiger partial charge on any atom is -0.345 e. The molecule has 26 heavy (non-hydrogen) atoms. The number of hydrogen-bond donors (Lipinski definition) is 0. The fourth-order valence-corrected chi connectivity index (χ4v) is 3.47. The van der Waals surface area contributed by atoms with Crippen molar-refractivity contribution in [3.8, 4) is 0 Å². The van der Waals surface area contributed by atoms with Crippen molar-refractivity contribution in [3.05, 3.63) is 35.9 Å². The molecule has 1 aromatic carbocycles. The summed E-state index contributed by atoms with van der Waals surface area (Å²) in [6.45, 7) is 4.54. The maximum absolute atomic E-state index is 12.7. The Morgan fingerprint density at radius 3 is 2.15 bits per heavy atom. The van der Waals surface area contributed by atoms with E-state index in [-0.39, 0.29) is 43.2 Å². The van der Waals surface area contributed by atoms with Gasteiger partial charge in [0.15, 0.2) is 0 Å². The predicted octanol–water partition coefficient (Wildman–Crippen LogP) is 3.22. The first-order valence-electron chi connectivity index (χ1n) is 8.69. The van der Waals surface area contributed by atoms with Crippen molar-refractivity contribution in [2.24, 2.45) is 5.92 Å². The van der Waals surface area contributed by atoms with Crippen LogP contribution in [0.1, 0.15) is 32.3 Å². The second-order valence-electron chi connectivity index (χ2n) is 7.51. The van der Waals surface area contributed by atoms with E-state index in [1.165, 1.54) is 0 Å². The molecule has 1 aliphatic heterocycles. The first-order valence-corrected chi connectivity index (χ1v) is 8.69. The molecule has 144 valence electrons. The van der Waals surface area contributed by atoms with Crippen LogP contribution in [0.2, 0.25) is 0 Å². The van der Waals surface area contributed by atoms with Gasteiger partial charge in [0.2, 0.25) is 5.91 Å². The van der Waals surface area contributed by atoms with Gasteiger partial charge in [-0.25, -0.2) is 0 Å². The lowest BCUT2D eigenvalue weighted by Gasteiger charge is -2.36. The first-order chi connectivity index (χ1) is 12.0. The van der Waals surface area contributed by atoms with Crippen LogP contribution in [0.15, 0.2) is 30.3 Å². The Morgan fingerprint density at radius 1 is 1.12 bits per heavy atom. The minimum absolute atomic E-state index is 0.0370. The van der Waals surface area contributed by atoms with E-state index in [1.807, 2.05) is 30.3 Å². The number of carbonyl (C=O) groups excluding carboxylic acids is 2. The average Bonchev–Trinajstić information content (AvgIpc) is 2.60. The summed E-state index contributed by atoms with van der Waals surface area (Å²) < 4.78 is 37.5. The molecule has 0 aliphatic carbocycles. The van der Waals surface area contributed by atoms with Crippen LogP contribution in [0.5, 0.6) is 0 Å². The second-order valence-corrected chi connectivity index (χ2v) is 7.51. The van der Waals surface area contributed by atoms with Crippen molar-refractivity contribution in [2.45, 2.75) is 38.3 Å². The predicted molar refractivity (Wildman–Crippen MR) is 92.5 cm³/mol. The van der Waals surface area contributed by atoms with Gasteiger partial charge in [-0.05, 0) is 18.4 Å². The number of alkyl halides is 3. The summed E-state index contributed by atoms with van der Waals surface area (Å²) >= 11 is 0. The normalized spacial score (nSPS) is 16.5. The van der Waals surface area contributed by atoms with Gasteiger partial charge in [-0.3, -0.25) is 9.59 Å². The maximum Gasteiger partial charge on any atom is 0.471 e. The SMILES string of the molecule is CN(CC(C)(C)c1ccccc1)C(=O)C1CCN(C(=O)C(F)(F)F)CC1. The van der Waals surface area contributed by atoms with Crippen molar-refractivity contribution in [1.82, 2.24) is 9.80 Å². The fourth-order valence-electron chi connectivity index (χ4n) is 3.47. The van der Waals surface area contributed by atoms with Crippen LogP contribution in [0.25, 0.3) is 0 Å². The van der Waals surface area contributed by atoms with Crippen molar-refractivity contribution < 1.29 is 22.8 Å². The number of piperidine rings is 1. The van der Waals surface area contributed by atoms with Crippen molar-refractivity contribution in [2.75, 3.05) is 26.7 Å². The van der Waals surface area contributed by atoms with Gasteiger partial charge in [-0.1, -0.05) is 44.2 Å². The Morgan fingerprint density at radius 2 is 1.65 bits per heavy atom. The van der Waals surface area contributed by atoms with E-state index < -0.39 is 12.1 Å². The monoisotopic (exact) mass is 370 g/mol. The standard InChI is InChI=1S/C19H25F3N2O2/c1-18(2,15-7-5-4-6-8-15)13-23(3)16(25)14-9-11-24(12-10-14)17(26)19(20,21)22/h4-8,14H,9-13H2,1-3H3. The molecule has 4 nitrogen and oxygen atoms in total. The first kappa shape index (κ1) is 20.3. The van der Waals surface area contributed by atoms with E-state index in [0.29, 0.717) is 6.54 Å². The Bertz CT molecular complexity index is 636. The summed E-state index contributed by atoms with van der Waals surface area (Å²) in [7, 11) is 1.72. The van der Waals surface area contributed by atoms with Gasteiger partial charge < -0.3 is 9.80 Å². The van der Waals surface area contributed by atoms with Gasteiger partial charge in [0.1, 0.15) is 0 Å². The van der Waals surface area contributed by atoms with Gasteiger partial charge in [0.05, 0.1) is 0 Å². The number of rotatable bonds is 4. The average molecular weight is 370 g/mol. The molecule has 1 aliphatic rings. The van der Waals surface area contributed by atoms with Crippen LogP contribution in [0, 0.1) is 5.92 Å². The molecule has 1 fully saturated rings. The zero-order chi connectivity index (χ0) is 19.5. The third-order valence-corrected chi connectivity index (χ3v) is 4.94. The second kappa shape index (κ2) is 7.68. The molecule has 0 radical (unpaired) electrons. The van der Waals surface area contributed by atoms with Gasteiger partial charge in [0, 0.05) is 38.0 Å². The molecule has 0 bridgehead atoms. The Balaban J connectivity index is 1.93. The summed E-state index contributed by atoms with van der Waals surface area (Å²) in [6.07, 6.45) is -4.33. The number of benzene rings is 1. The molecule has 0 aromatic heterocycles. The number of amides is 2. The number of carbonyl (C=O) groups is 2. The van der Waals surface area contributed by atoms with Gasteiger partial charge in [-0.2, -0.15) is 13.2 Å². The van der Waals surface area contributed by atoms with E-state index in [9.17, 15) is 22.8 Å². The van der Waals surface area contributed by atoms with Crippen molar-refractivity contribution in [3.63, 3.8) is 0 Å². The zero-order valence-electron chi connectivity index (χ0n) is 15.3. The molecule has 0 N–H and O–H groups in total. The van der Waals surface area contributed by atoms with Crippen LogP contribution < -0.4 is 0 Å². The maximum atomic E-state index is 12.7. The number of likely N-dealkylation sites (tertiary alicyclic amines) is 1. The fraction of sp³-hybridized carbons (Fsp3) is 0.579. The highest BCUT2D eigenvalue weighted by molar-refractivity contribution is 5.83. The quantitative estimate of drug-likeness (QED) is 0.817. The van der Waals surface area contributed by atoms with Crippen molar-refractivity contribution in [1.29, 1.82) is 0 Å². The largest absolute Gasteiger partial charge is 0.471 e. The molecule has 0 unspecified atom stereocenters. The van der Waals surface area contributed by atoms with E-state index in [2.05, 4.69) is 13.8 Å². The molecule has 1 saturated heterocycles. The molecule has 0 atom stereocenters. The van der Waals surface area contributed by atoms with Gasteiger partial charge >= 0.3 is 12.1 Å². The number of halogens is 3. The topological polar surface area (TPSA) is 40.6 Å². The molecule has 2 amide bonds. The van der Waals surface area contributed by atoms with Crippen LogP contribution >= 0.6 is 0 Å². The summed E-state index contributed by atoms with van der Waals surface area (Å²) in [6, 6.07) is 9.86. The molecule has 0 spiro atoms.